The normalized spacial score (nSPS) is 12.8. The van der Waals surface area contributed by atoms with Crippen LogP contribution in [0.15, 0.2) is 103 Å². The van der Waals surface area contributed by atoms with E-state index in [4.69, 9.17) is 0 Å². The van der Waals surface area contributed by atoms with E-state index in [0.29, 0.717) is 0 Å². The topological polar surface area (TPSA) is 7.12 Å². The first-order valence-electron chi connectivity index (χ1n) is 12.2. The number of fused-ring (bicyclic) bond motifs is 7. The molecule has 0 amide bonds. The van der Waals surface area contributed by atoms with Crippen molar-refractivity contribution in [1.82, 2.24) is 0 Å². The Bertz CT molecular complexity index is 1870. The third-order valence-electron chi connectivity index (χ3n) is 7.86. The highest BCUT2D eigenvalue weighted by molar-refractivity contribution is 6.21. The first-order valence-corrected chi connectivity index (χ1v) is 12.2. The average molecular weight is 448 g/mol. The molecule has 0 N–H and O–H groups in total. The zero-order chi connectivity index (χ0) is 23.3. The first-order chi connectivity index (χ1) is 17.2. The molecule has 35 heavy (non-hydrogen) atoms. The van der Waals surface area contributed by atoms with Gasteiger partial charge in [0.05, 0.1) is 28.0 Å². The molecule has 0 bridgehead atoms. The standard InChI is InChI=1S/C33H23N2/c1-20-8-5-15-28-29(20)33-31-22(18-19-34(33)2)16-17-26-25-13-7-10-21-9-6-12-24(30(21)25)23-11-3-4-14-27(23)35(28)32(26)31/h3-19H,1-2H3/q+1. The molecule has 1 aromatic heterocycles. The highest BCUT2D eigenvalue weighted by atomic mass is 15.2. The summed E-state index contributed by atoms with van der Waals surface area (Å²) < 4.78 is 2.30. The Morgan fingerprint density at radius 2 is 1.26 bits per heavy atom. The molecule has 0 unspecified atom stereocenters. The minimum atomic E-state index is 1.23. The van der Waals surface area contributed by atoms with Crippen molar-refractivity contribution in [3.63, 3.8) is 0 Å². The summed E-state index contributed by atoms with van der Waals surface area (Å²) in [5.41, 5.74) is 12.8. The summed E-state index contributed by atoms with van der Waals surface area (Å²) in [5, 5.41) is 5.20. The van der Waals surface area contributed by atoms with Gasteiger partial charge in [-0.15, -0.1) is 0 Å². The minimum absolute atomic E-state index is 1.23. The smallest absolute Gasteiger partial charge is 0.224 e. The van der Waals surface area contributed by atoms with E-state index in [0.717, 1.165) is 0 Å². The summed E-state index contributed by atoms with van der Waals surface area (Å²) in [5.74, 6) is 0. The van der Waals surface area contributed by atoms with Crippen LogP contribution in [0.4, 0.5) is 17.1 Å². The van der Waals surface area contributed by atoms with Crippen molar-refractivity contribution >= 4 is 38.6 Å². The third-order valence-corrected chi connectivity index (χ3v) is 7.86. The van der Waals surface area contributed by atoms with Crippen LogP contribution in [-0.4, -0.2) is 0 Å². The minimum Gasteiger partial charge on any atom is -0.307 e. The van der Waals surface area contributed by atoms with Crippen LogP contribution in [0.2, 0.25) is 0 Å². The fourth-order valence-corrected chi connectivity index (χ4v) is 6.39. The summed E-state index contributed by atoms with van der Waals surface area (Å²) in [6.45, 7) is 2.23. The maximum absolute atomic E-state index is 2.52. The maximum atomic E-state index is 2.52. The number of hydrogen-bond donors (Lipinski definition) is 0. The lowest BCUT2D eigenvalue weighted by Gasteiger charge is -2.37. The van der Waals surface area contributed by atoms with Crippen LogP contribution in [0.5, 0.6) is 0 Å². The number of pyridine rings is 1. The fourth-order valence-electron chi connectivity index (χ4n) is 6.39. The molecule has 2 aliphatic rings. The second-order valence-corrected chi connectivity index (χ2v) is 9.73. The molecule has 3 heterocycles. The Kier molecular flexibility index (Phi) is 3.56. The van der Waals surface area contributed by atoms with E-state index >= 15 is 0 Å². The average Bonchev–Trinajstić information content (AvgIpc) is 2.89. The Labute approximate surface area is 204 Å². The lowest BCUT2D eigenvalue weighted by Crippen LogP contribution is -2.33. The van der Waals surface area contributed by atoms with Crippen molar-refractivity contribution in [2.24, 2.45) is 7.05 Å². The zero-order valence-corrected chi connectivity index (χ0v) is 19.7. The molecule has 0 aliphatic carbocycles. The molecule has 2 nitrogen and oxygen atoms in total. The summed E-state index contributed by atoms with van der Waals surface area (Å²) in [6.07, 6.45) is 2.20. The van der Waals surface area contributed by atoms with Gasteiger partial charge in [0.15, 0.2) is 6.20 Å². The van der Waals surface area contributed by atoms with E-state index in [2.05, 4.69) is 127 Å². The fraction of sp³-hybridized carbons (Fsp3) is 0.0606. The molecule has 0 saturated carbocycles. The predicted octanol–water partition coefficient (Wildman–Crippen LogP) is 8.22. The molecule has 6 aromatic rings. The van der Waals surface area contributed by atoms with Gasteiger partial charge in [0.1, 0.15) is 7.05 Å². The number of para-hydroxylation sites is 1. The van der Waals surface area contributed by atoms with Gasteiger partial charge < -0.3 is 4.90 Å². The van der Waals surface area contributed by atoms with Crippen LogP contribution >= 0.6 is 0 Å². The number of aromatic nitrogens is 1. The van der Waals surface area contributed by atoms with Crippen LogP contribution in [0.25, 0.3) is 55.1 Å². The van der Waals surface area contributed by atoms with Gasteiger partial charge in [-0.1, -0.05) is 78.9 Å². The van der Waals surface area contributed by atoms with Gasteiger partial charge in [0, 0.05) is 17.2 Å². The van der Waals surface area contributed by atoms with E-state index in [1.807, 2.05) is 0 Å². The van der Waals surface area contributed by atoms with Gasteiger partial charge in [0.2, 0.25) is 5.69 Å². The Morgan fingerprint density at radius 1 is 0.571 bits per heavy atom. The molecule has 164 valence electrons. The molecule has 5 aromatic carbocycles. The van der Waals surface area contributed by atoms with Gasteiger partial charge in [-0.2, -0.15) is 0 Å². The lowest BCUT2D eigenvalue weighted by atomic mass is 9.83. The summed E-state index contributed by atoms with van der Waals surface area (Å²) in [7, 11) is 2.17. The van der Waals surface area contributed by atoms with Crippen LogP contribution in [-0.2, 0) is 7.05 Å². The number of hydrogen-bond acceptors (Lipinski definition) is 1. The molecule has 0 atom stereocenters. The molecular weight excluding hydrogens is 424 g/mol. The van der Waals surface area contributed by atoms with Crippen molar-refractivity contribution in [3.8, 4) is 33.5 Å². The van der Waals surface area contributed by atoms with Crippen molar-refractivity contribution in [2.75, 3.05) is 4.90 Å². The van der Waals surface area contributed by atoms with Crippen LogP contribution in [0.1, 0.15) is 5.56 Å². The molecule has 0 saturated heterocycles. The van der Waals surface area contributed by atoms with E-state index < -0.39 is 0 Å². The maximum Gasteiger partial charge on any atom is 0.224 e. The Balaban J connectivity index is 1.71. The number of benzene rings is 5. The van der Waals surface area contributed by atoms with Crippen LogP contribution in [0, 0.1) is 6.92 Å². The van der Waals surface area contributed by atoms with E-state index in [1.54, 1.807) is 0 Å². The number of nitrogens with zero attached hydrogens (tertiary/aromatic N) is 2. The van der Waals surface area contributed by atoms with Crippen molar-refractivity contribution in [2.45, 2.75) is 6.92 Å². The predicted molar refractivity (Wildman–Crippen MR) is 145 cm³/mol. The summed E-state index contributed by atoms with van der Waals surface area (Å²) in [4.78, 5) is 2.52. The highest BCUT2D eigenvalue weighted by Gasteiger charge is 2.36. The molecule has 2 aliphatic heterocycles. The van der Waals surface area contributed by atoms with Crippen molar-refractivity contribution < 1.29 is 4.57 Å². The largest absolute Gasteiger partial charge is 0.307 e. The third kappa shape index (κ3) is 2.31. The Morgan fingerprint density at radius 3 is 2.11 bits per heavy atom. The van der Waals surface area contributed by atoms with Crippen molar-refractivity contribution in [3.05, 3.63) is 109 Å². The summed E-state index contributed by atoms with van der Waals surface area (Å²) >= 11 is 0. The number of anilines is 3. The van der Waals surface area contributed by atoms with Crippen LogP contribution < -0.4 is 9.47 Å². The summed E-state index contributed by atoms with van der Waals surface area (Å²) in [6, 6.07) is 35.9. The highest BCUT2D eigenvalue weighted by Crippen LogP contribution is 2.57. The number of rotatable bonds is 0. The van der Waals surface area contributed by atoms with Crippen molar-refractivity contribution in [1.29, 1.82) is 0 Å². The quantitative estimate of drug-likeness (QED) is 0.212. The molecule has 0 fully saturated rings. The van der Waals surface area contributed by atoms with Gasteiger partial charge in [-0.25, -0.2) is 4.57 Å². The van der Waals surface area contributed by atoms with Gasteiger partial charge >= 0.3 is 0 Å². The second-order valence-electron chi connectivity index (χ2n) is 9.73. The Hall–Kier alpha value is -4.43. The molecule has 0 radical (unpaired) electrons. The molecule has 2 heteroatoms. The van der Waals surface area contributed by atoms with Gasteiger partial charge in [-0.05, 0) is 51.9 Å². The van der Waals surface area contributed by atoms with E-state index in [9.17, 15) is 0 Å². The van der Waals surface area contributed by atoms with E-state index in [-0.39, 0.29) is 0 Å². The SMILES string of the molecule is Cc1cccc2c1-c1c3c4c(ccc3cc[n+]1C)-c1cccc3cccc(c13)-c1ccccc1N24. The van der Waals surface area contributed by atoms with E-state index in [1.165, 1.54) is 77.7 Å². The first kappa shape index (κ1) is 18.9. The molecule has 0 spiro atoms. The molecule has 8 rings (SSSR count). The number of aryl methyl sites for hydroxylation is 2. The monoisotopic (exact) mass is 447 g/mol. The lowest BCUT2D eigenvalue weighted by molar-refractivity contribution is -0.659. The van der Waals surface area contributed by atoms with Gasteiger partial charge in [0.25, 0.3) is 0 Å². The van der Waals surface area contributed by atoms with Gasteiger partial charge in [-0.3, -0.25) is 0 Å². The molecular formula is C33H23N2+. The van der Waals surface area contributed by atoms with Crippen LogP contribution in [0.3, 0.4) is 0 Å². The zero-order valence-electron chi connectivity index (χ0n) is 19.7. The second kappa shape index (κ2) is 6.58.